The molecule has 1 unspecified atom stereocenters. The molecule has 1 atom stereocenters. The van der Waals surface area contributed by atoms with Gasteiger partial charge in [-0.25, -0.2) is 4.98 Å². The number of fused-ring (bicyclic) bond motifs is 1. The molecule has 1 heterocycles. The van der Waals surface area contributed by atoms with Crippen molar-refractivity contribution in [2.75, 3.05) is 5.75 Å². The van der Waals surface area contributed by atoms with Crippen LogP contribution in [0.2, 0.25) is 0 Å². The van der Waals surface area contributed by atoms with Gasteiger partial charge in [0.1, 0.15) is 23.9 Å². The van der Waals surface area contributed by atoms with Crippen molar-refractivity contribution in [3.8, 4) is 11.5 Å². The third-order valence-corrected chi connectivity index (χ3v) is 5.45. The van der Waals surface area contributed by atoms with Crippen molar-refractivity contribution in [2.45, 2.75) is 26.9 Å². The first-order chi connectivity index (χ1) is 13.0. The second-order valence-electron chi connectivity index (χ2n) is 6.55. The van der Waals surface area contributed by atoms with E-state index in [2.05, 4.69) is 4.98 Å². The Hall–Kier alpha value is -2.47. The first kappa shape index (κ1) is 19.3. The second-order valence-corrected chi connectivity index (χ2v) is 7.82. The molecule has 6 heteroatoms. The number of carbonyl (C=O) groups excluding carboxylic acids is 1. The standard InChI is InChI=1S/C21H24N2O3S/c1-4-27-21(25)14(2)11-15-5-8-17(9-6-15)26-13-20-22-18-10-7-16(24)12-19(18)23(20)3/h5-10,12,14,24H,4,11,13H2,1-3H3. The van der Waals surface area contributed by atoms with Gasteiger partial charge in [0.15, 0.2) is 5.12 Å². The zero-order valence-electron chi connectivity index (χ0n) is 15.8. The van der Waals surface area contributed by atoms with E-state index in [0.29, 0.717) is 6.61 Å². The fraction of sp³-hybridized carbons (Fsp3) is 0.333. The van der Waals surface area contributed by atoms with Crippen LogP contribution in [0.4, 0.5) is 0 Å². The van der Waals surface area contributed by atoms with Gasteiger partial charge in [-0.05, 0) is 42.0 Å². The average molecular weight is 385 g/mol. The Kier molecular flexibility index (Phi) is 6.06. The van der Waals surface area contributed by atoms with Crippen molar-refractivity contribution in [1.82, 2.24) is 9.55 Å². The minimum Gasteiger partial charge on any atom is -0.508 e. The first-order valence-electron chi connectivity index (χ1n) is 9.00. The summed E-state index contributed by atoms with van der Waals surface area (Å²) >= 11 is 1.38. The second kappa shape index (κ2) is 8.48. The van der Waals surface area contributed by atoms with Crippen LogP contribution in [0.5, 0.6) is 11.5 Å². The topological polar surface area (TPSA) is 64.3 Å². The molecule has 0 amide bonds. The van der Waals surface area contributed by atoms with Gasteiger partial charge in [0.25, 0.3) is 0 Å². The van der Waals surface area contributed by atoms with E-state index in [0.717, 1.165) is 40.3 Å². The smallest absolute Gasteiger partial charge is 0.192 e. The highest BCUT2D eigenvalue weighted by atomic mass is 32.2. The highest BCUT2D eigenvalue weighted by molar-refractivity contribution is 8.13. The Bertz CT molecular complexity index is 934. The molecule has 0 saturated heterocycles. The zero-order valence-corrected chi connectivity index (χ0v) is 16.6. The molecule has 3 aromatic rings. The van der Waals surface area contributed by atoms with Crippen molar-refractivity contribution in [3.05, 3.63) is 53.9 Å². The lowest BCUT2D eigenvalue weighted by atomic mass is 10.0. The maximum absolute atomic E-state index is 11.9. The lowest BCUT2D eigenvalue weighted by Crippen LogP contribution is -2.10. The average Bonchev–Trinajstić information content (AvgIpc) is 2.97. The summed E-state index contributed by atoms with van der Waals surface area (Å²) in [5.74, 6) is 2.60. The van der Waals surface area contributed by atoms with Gasteiger partial charge in [-0.1, -0.05) is 37.7 Å². The van der Waals surface area contributed by atoms with Gasteiger partial charge >= 0.3 is 0 Å². The fourth-order valence-corrected chi connectivity index (χ4v) is 3.60. The van der Waals surface area contributed by atoms with Crippen molar-refractivity contribution in [2.24, 2.45) is 13.0 Å². The molecule has 2 aromatic carbocycles. The molecule has 0 radical (unpaired) electrons. The SMILES string of the molecule is CCSC(=O)C(C)Cc1ccc(OCc2nc3ccc(O)cc3n2C)cc1. The predicted molar refractivity (Wildman–Crippen MR) is 109 cm³/mol. The Morgan fingerprint density at radius 2 is 2.00 bits per heavy atom. The first-order valence-corrected chi connectivity index (χ1v) is 9.99. The molecule has 0 spiro atoms. The van der Waals surface area contributed by atoms with E-state index in [4.69, 9.17) is 4.74 Å². The normalized spacial score (nSPS) is 12.3. The van der Waals surface area contributed by atoms with E-state index in [1.807, 2.05) is 49.7 Å². The number of thioether (sulfide) groups is 1. The van der Waals surface area contributed by atoms with Crippen LogP contribution in [0.1, 0.15) is 25.2 Å². The number of phenols is 1. The molecule has 3 rings (SSSR count). The minimum atomic E-state index is 0.0122. The van der Waals surface area contributed by atoms with Gasteiger partial charge in [-0.15, -0.1) is 0 Å². The van der Waals surface area contributed by atoms with Crippen molar-refractivity contribution in [3.63, 3.8) is 0 Å². The van der Waals surface area contributed by atoms with E-state index in [-0.39, 0.29) is 16.8 Å². The van der Waals surface area contributed by atoms with Crippen LogP contribution in [-0.2, 0) is 24.9 Å². The molecule has 0 aliphatic heterocycles. The molecule has 0 fully saturated rings. The van der Waals surface area contributed by atoms with E-state index >= 15 is 0 Å². The number of ether oxygens (including phenoxy) is 1. The van der Waals surface area contributed by atoms with Crippen molar-refractivity contribution < 1.29 is 14.6 Å². The third-order valence-electron chi connectivity index (χ3n) is 4.48. The third kappa shape index (κ3) is 4.63. The number of aromatic hydroxyl groups is 1. The summed E-state index contributed by atoms with van der Waals surface area (Å²) in [6.07, 6.45) is 0.736. The van der Waals surface area contributed by atoms with Crippen molar-refractivity contribution in [1.29, 1.82) is 0 Å². The van der Waals surface area contributed by atoms with Crippen LogP contribution < -0.4 is 4.74 Å². The van der Waals surface area contributed by atoms with E-state index in [9.17, 15) is 9.90 Å². The van der Waals surface area contributed by atoms with Crippen LogP contribution in [0.3, 0.4) is 0 Å². The maximum Gasteiger partial charge on any atom is 0.192 e. The van der Waals surface area contributed by atoms with Gasteiger partial charge in [0.05, 0.1) is 11.0 Å². The number of aryl methyl sites for hydroxylation is 1. The number of imidazole rings is 1. The van der Waals surface area contributed by atoms with Crippen molar-refractivity contribution >= 4 is 27.9 Å². The number of aromatic nitrogens is 2. The summed E-state index contributed by atoms with van der Waals surface area (Å²) in [7, 11) is 1.91. The molecule has 5 nitrogen and oxygen atoms in total. The number of benzene rings is 2. The molecule has 0 saturated carbocycles. The largest absolute Gasteiger partial charge is 0.508 e. The fourth-order valence-electron chi connectivity index (χ4n) is 2.95. The van der Waals surface area contributed by atoms with E-state index in [1.54, 1.807) is 18.2 Å². The summed E-state index contributed by atoms with van der Waals surface area (Å²) in [5.41, 5.74) is 2.82. The van der Waals surface area contributed by atoms with Gasteiger partial charge in [-0.2, -0.15) is 0 Å². The maximum atomic E-state index is 11.9. The quantitative estimate of drug-likeness (QED) is 0.657. The molecule has 27 heavy (non-hydrogen) atoms. The molecule has 1 aromatic heterocycles. The van der Waals surface area contributed by atoms with E-state index < -0.39 is 0 Å². The molecule has 0 aliphatic rings. The summed E-state index contributed by atoms with van der Waals surface area (Å²) < 4.78 is 7.78. The molecular formula is C21H24N2O3S. The molecule has 0 bridgehead atoms. The highest BCUT2D eigenvalue weighted by Crippen LogP contribution is 2.22. The Balaban J connectivity index is 1.62. The monoisotopic (exact) mass is 384 g/mol. The van der Waals surface area contributed by atoms with Crippen LogP contribution in [0.25, 0.3) is 11.0 Å². The Morgan fingerprint density at radius 1 is 1.26 bits per heavy atom. The summed E-state index contributed by atoms with van der Waals surface area (Å²) in [6, 6.07) is 13.0. The summed E-state index contributed by atoms with van der Waals surface area (Å²) in [4.78, 5) is 16.5. The lowest BCUT2D eigenvalue weighted by Gasteiger charge is -2.11. The number of carbonyl (C=O) groups is 1. The van der Waals surface area contributed by atoms with Gasteiger partial charge in [-0.3, -0.25) is 4.79 Å². The van der Waals surface area contributed by atoms with Crippen LogP contribution >= 0.6 is 11.8 Å². The molecule has 1 N–H and O–H groups in total. The number of hydrogen-bond acceptors (Lipinski definition) is 5. The minimum absolute atomic E-state index is 0.0122. The number of hydrogen-bond donors (Lipinski definition) is 1. The number of phenolic OH excluding ortho intramolecular Hbond substituents is 1. The predicted octanol–water partition coefficient (Wildman–Crippen LogP) is 4.32. The van der Waals surface area contributed by atoms with Crippen LogP contribution in [0, 0.1) is 5.92 Å². The molecule has 0 aliphatic carbocycles. The molecular weight excluding hydrogens is 360 g/mol. The zero-order chi connectivity index (χ0) is 19.4. The summed E-state index contributed by atoms with van der Waals surface area (Å²) in [6.45, 7) is 4.31. The number of rotatable bonds is 7. The van der Waals surface area contributed by atoms with Crippen LogP contribution in [-0.4, -0.2) is 25.5 Å². The Morgan fingerprint density at radius 3 is 2.70 bits per heavy atom. The van der Waals surface area contributed by atoms with E-state index in [1.165, 1.54) is 11.8 Å². The van der Waals surface area contributed by atoms with Crippen LogP contribution in [0.15, 0.2) is 42.5 Å². The summed E-state index contributed by atoms with van der Waals surface area (Å²) in [5, 5.41) is 9.87. The van der Waals surface area contributed by atoms with Gasteiger partial charge < -0.3 is 14.4 Å². The van der Waals surface area contributed by atoms with Gasteiger partial charge in [0, 0.05) is 19.0 Å². The highest BCUT2D eigenvalue weighted by Gasteiger charge is 2.13. The lowest BCUT2D eigenvalue weighted by molar-refractivity contribution is -0.113. The van der Waals surface area contributed by atoms with Gasteiger partial charge in [0.2, 0.25) is 0 Å². The number of nitrogens with zero attached hydrogens (tertiary/aromatic N) is 2. The molecule has 142 valence electrons. The Labute approximate surface area is 163 Å².